The molecule has 3 unspecified atom stereocenters. The van der Waals surface area contributed by atoms with Gasteiger partial charge in [0.25, 0.3) is 0 Å². The van der Waals surface area contributed by atoms with Crippen molar-refractivity contribution in [2.45, 2.75) is 40.5 Å². The number of aryl methyl sites for hydroxylation is 3. The van der Waals surface area contributed by atoms with Crippen molar-refractivity contribution in [3.63, 3.8) is 0 Å². The van der Waals surface area contributed by atoms with E-state index in [9.17, 15) is 14.7 Å². The Balaban J connectivity index is 2.20. The van der Waals surface area contributed by atoms with Gasteiger partial charge in [-0.1, -0.05) is 24.6 Å². The van der Waals surface area contributed by atoms with Gasteiger partial charge in [-0.25, -0.2) is 0 Å². The van der Waals surface area contributed by atoms with Crippen LogP contribution in [-0.4, -0.2) is 17.0 Å². The molecule has 1 amide bonds. The van der Waals surface area contributed by atoms with Crippen LogP contribution in [0.5, 0.6) is 0 Å². The Kier molecular flexibility index (Phi) is 4.35. The van der Waals surface area contributed by atoms with Crippen molar-refractivity contribution in [3.8, 4) is 0 Å². The summed E-state index contributed by atoms with van der Waals surface area (Å²) >= 11 is 0. The SMILES string of the molecule is Cc1cc(C)c(NC(=O)C2CC(C)CC2C(=O)O)c(C)c1. The molecule has 2 N–H and O–H groups in total. The van der Waals surface area contributed by atoms with Crippen LogP contribution in [0, 0.1) is 38.5 Å². The van der Waals surface area contributed by atoms with Crippen molar-refractivity contribution in [2.24, 2.45) is 17.8 Å². The molecule has 0 saturated heterocycles. The van der Waals surface area contributed by atoms with Crippen LogP contribution < -0.4 is 5.32 Å². The van der Waals surface area contributed by atoms with Crippen molar-refractivity contribution in [1.82, 2.24) is 0 Å². The number of aliphatic carboxylic acids is 1. The van der Waals surface area contributed by atoms with E-state index in [1.807, 2.05) is 39.8 Å². The molecule has 1 aromatic carbocycles. The number of carbonyl (C=O) groups is 2. The van der Waals surface area contributed by atoms with E-state index >= 15 is 0 Å². The number of nitrogens with one attached hydrogen (secondary N) is 1. The smallest absolute Gasteiger partial charge is 0.307 e. The second kappa shape index (κ2) is 5.88. The molecule has 0 aromatic heterocycles. The fraction of sp³-hybridized carbons (Fsp3) is 0.529. The van der Waals surface area contributed by atoms with Crippen LogP contribution in [0.25, 0.3) is 0 Å². The Morgan fingerprint density at radius 2 is 1.62 bits per heavy atom. The number of hydrogen-bond acceptors (Lipinski definition) is 2. The molecular weight excluding hydrogens is 266 g/mol. The Morgan fingerprint density at radius 3 is 2.14 bits per heavy atom. The summed E-state index contributed by atoms with van der Waals surface area (Å²) in [4.78, 5) is 23.8. The monoisotopic (exact) mass is 289 g/mol. The summed E-state index contributed by atoms with van der Waals surface area (Å²) in [5.74, 6) is -1.75. The van der Waals surface area contributed by atoms with Gasteiger partial charge < -0.3 is 10.4 Å². The molecule has 1 aromatic rings. The van der Waals surface area contributed by atoms with Crippen LogP contribution in [-0.2, 0) is 9.59 Å². The predicted octanol–water partition coefficient (Wildman–Crippen LogP) is 3.30. The Hall–Kier alpha value is -1.84. The third-order valence-corrected chi connectivity index (χ3v) is 4.38. The van der Waals surface area contributed by atoms with Crippen LogP contribution >= 0.6 is 0 Å². The molecule has 3 atom stereocenters. The zero-order chi connectivity index (χ0) is 15.7. The zero-order valence-corrected chi connectivity index (χ0v) is 13.1. The van der Waals surface area contributed by atoms with Gasteiger partial charge in [0.15, 0.2) is 0 Å². The highest BCUT2D eigenvalue weighted by Crippen LogP contribution is 2.37. The average Bonchev–Trinajstić information content (AvgIpc) is 2.76. The van der Waals surface area contributed by atoms with Crippen LogP contribution in [0.2, 0.25) is 0 Å². The largest absolute Gasteiger partial charge is 0.481 e. The third kappa shape index (κ3) is 3.26. The standard InChI is InChI=1S/C17H23NO3/c1-9-5-11(3)15(12(4)6-9)18-16(19)13-7-10(2)8-14(13)17(20)21/h5-6,10,13-14H,7-8H2,1-4H3,(H,18,19)(H,20,21). The Morgan fingerprint density at radius 1 is 1.10 bits per heavy atom. The summed E-state index contributed by atoms with van der Waals surface area (Å²) in [6, 6.07) is 4.04. The summed E-state index contributed by atoms with van der Waals surface area (Å²) in [6.45, 7) is 7.94. The summed E-state index contributed by atoms with van der Waals surface area (Å²) < 4.78 is 0. The molecule has 114 valence electrons. The number of hydrogen-bond donors (Lipinski definition) is 2. The van der Waals surface area contributed by atoms with Crippen molar-refractivity contribution in [2.75, 3.05) is 5.32 Å². The molecule has 2 rings (SSSR count). The van der Waals surface area contributed by atoms with Crippen molar-refractivity contribution in [1.29, 1.82) is 0 Å². The number of carbonyl (C=O) groups excluding carboxylic acids is 1. The van der Waals surface area contributed by atoms with Gasteiger partial charge in [-0.15, -0.1) is 0 Å². The van der Waals surface area contributed by atoms with Crippen LogP contribution in [0.1, 0.15) is 36.5 Å². The molecule has 0 radical (unpaired) electrons. The molecule has 21 heavy (non-hydrogen) atoms. The number of carboxylic acids is 1. The van der Waals surface area contributed by atoms with Gasteiger partial charge >= 0.3 is 5.97 Å². The highest BCUT2D eigenvalue weighted by Gasteiger charge is 2.41. The highest BCUT2D eigenvalue weighted by atomic mass is 16.4. The van der Waals surface area contributed by atoms with Crippen molar-refractivity contribution in [3.05, 3.63) is 28.8 Å². The van der Waals surface area contributed by atoms with E-state index in [0.717, 1.165) is 22.4 Å². The second-order valence-corrected chi connectivity index (χ2v) is 6.39. The minimum absolute atomic E-state index is 0.165. The van der Waals surface area contributed by atoms with Gasteiger partial charge in [0.1, 0.15) is 0 Å². The average molecular weight is 289 g/mol. The number of benzene rings is 1. The predicted molar refractivity (Wildman–Crippen MR) is 82.3 cm³/mol. The summed E-state index contributed by atoms with van der Waals surface area (Å²) in [5, 5.41) is 12.2. The molecular formula is C17H23NO3. The molecule has 0 heterocycles. The van der Waals surface area contributed by atoms with Gasteiger partial charge in [-0.2, -0.15) is 0 Å². The van der Waals surface area contributed by atoms with Gasteiger partial charge in [-0.3, -0.25) is 9.59 Å². The lowest BCUT2D eigenvalue weighted by atomic mass is 9.95. The molecule has 0 bridgehead atoms. The van der Waals surface area contributed by atoms with Gasteiger partial charge in [-0.05, 0) is 50.7 Å². The molecule has 4 nitrogen and oxygen atoms in total. The molecule has 1 aliphatic carbocycles. The van der Waals surface area contributed by atoms with Crippen LogP contribution in [0.3, 0.4) is 0 Å². The fourth-order valence-corrected chi connectivity index (χ4v) is 3.45. The lowest BCUT2D eigenvalue weighted by Gasteiger charge is -2.18. The summed E-state index contributed by atoms with van der Waals surface area (Å²) in [5.41, 5.74) is 3.99. The zero-order valence-electron chi connectivity index (χ0n) is 13.1. The fourth-order valence-electron chi connectivity index (χ4n) is 3.45. The van der Waals surface area contributed by atoms with E-state index < -0.39 is 17.8 Å². The summed E-state index contributed by atoms with van der Waals surface area (Å²) in [7, 11) is 0. The van der Waals surface area contributed by atoms with Crippen molar-refractivity contribution < 1.29 is 14.7 Å². The number of anilines is 1. The normalized spacial score (nSPS) is 24.9. The van der Waals surface area contributed by atoms with E-state index in [0.29, 0.717) is 12.8 Å². The maximum Gasteiger partial charge on any atom is 0.307 e. The third-order valence-electron chi connectivity index (χ3n) is 4.38. The minimum Gasteiger partial charge on any atom is -0.481 e. The molecule has 1 saturated carbocycles. The van der Waals surface area contributed by atoms with E-state index in [1.165, 1.54) is 0 Å². The first kappa shape index (κ1) is 15.5. The first-order valence-electron chi connectivity index (χ1n) is 7.41. The summed E-state index contributed by atoms with van der Waals surface area (Å²) in [6.07, 6.45) is 1.23. The number of carboxylic acid groups (broad SMARTS) is 1. The quantitative estimate of drug-likeness (QED) is 0.897. The van der Waals surface area contributed by atoms with E-state index in [-0.39, 0.29) is 11.8 Å². The van der Waals surface area contributed by atoms with E-state index in [4.69, 9.17) is 0 Å². The molecule has 1 aliphatic rings. The van der Waals surface area contributed by atoms with Crippen molar-refractivity contribution >= 4 is 17.6 Å². The second-order valence-electron chi connectivity index (χ2n) is 6.39. The maximum atomic E-state index is 12.5. The van der Waals surface area contributed by atoms with E-state index in [1.54, 1.807) is 0 Å². The molecule has 0 spiro atoms. The first-order chi connectivity index (χ1) is 9.79. The topological polar surface area (TPSA) is 66.4 Å². The number of rotatable bonds is 3. The van der Waals surface area contributed by atoms with Crippen LogP contribution in [0.15, 0.2) is 12.1 Å². The Bertz CT molecular complexity index is 556. The Labute approximate surface area is 125 Å². The first-order valence-corrected chi connectivity index (χ1v) is 7.41. The lowest BCUT2D eigenvalue weighted by Crippen LogP contribution is -2.30. The molecule has 0 aliphatic heterocycles. The lowest BCUT2D eigenvalue weighted by molar-refractivity contribution is -0.145. The van der Waals surface area contributed by atoms with Gasteiger partial charge in [0.2, 0.25) is 5.91 Å². The molecule has 4 heteroatoms. The van der Waals surface area contributed by atoms with E-state index in [2.05, 4.69) is 5.32 Å². The van der Waals surface area contributed by atoms with Crippen LogP contribution in [0.4, 0.5) is 5.69 Å². The maximum absolute atomic E-state index is 12.5. The highest BCUT2D eigenvalue weighted by molar-refractivity contribution is 5.96. The number of amides is 1. The van der Waals surface area contributed by atoms with Gasteiger partial charge in [0, 0.05) is 5.69 Å². The van der Waals surface area contributed by atoms with Gasteiger partial charge in [0.05, 0.1) is 11.8 Å². The molecule has 1 fully saturated rings. The minimum atomic E-state index is -0.864.